The number of aryl methyl sites for hydroxylation is 1. The summed E-state index contributed by atoms with van der Waals surface area (Å²) in [4.78, 5) is 8.58. The molecule has 0 unspecified atom stereocenters. The van der Waals surface area contributed by atoms with Crippen LogP contribution in [0.3, 0.4) is 0 Å². The molecule has 24 heavy (non-hydrogen) atoms. The van der Waals surface area contributed by atoms with E-state index in [1.807, 2.05) is 7.05 Å². The Labute approximate surface area is 140 Å². The summed E-state index contributed by atoms with van der Waals surface area (Å²) in [6.45, 7) is 0.686. The van der Waals surface area contributed by atoms with Crippen molar-refractivity contribution in [2.45, 2.75) is 38.4 Å². The van der Waals surface area contributed by atoms with Crippen LogP contribution in [0.5, 0.6) is 0 Å². The van der Waals surface area contributed by atoms with Crippen molar-refractivity contribution in [3.05, 3.63) is 42.4 Å². The Morgan fingerprint density at radius 1 is 1.17 bits per heavy atom. The van der Waals surface area contributed by atoms with Gasteiger partial charge in [0.05, 0.1) is 24.3 Å². The number of benzene rings is 1. The molecule has 1 fully saturated rings. The van der Waals surface area contributed by atoms with Gasteiger partial charge in [0, 0.05) is 12.7 Å². The third-order valence-corrected chi connectivity index (χ3v) is 4.53. The smallest absolute Gasteiger partial charge is 0.163 e. The monoisotopic (exact) mass is 323 g/mol. The van der Waals surface area contributed by atoms with Crippen LogP contribution >= 0.6 is 0 Å². The first-order valence-electron chi connectivity index (χ1n) is 8.40. The average molecular weight is 323 g/mol. The molecule has 6 heteroatoms. The van der Waals surface area contributed by atoms with Gasteiger partial charge in [-0.25, -0.2) is 9.97 Å². The Kier molecular flexibility index (Phi) is 4.13. The highest BCUT2D eigenvalue weighted by atomic mass is 16.5. The van der Waals surface area contributed by atoms with Crippen molar-refractivity contribution in [3.8, 4) is 0 Å². The third kappa shape index (κ3) is 3.10. The van der Waals surface area contributed by atoms with Crippen LogP contribution in [0.15, 0.2) is 36.8 Å². The maximum absolute atomic E-state index is 5.96. The average Bonchev–Trinajstić information content (AvgIpc) is 3.25. The maximum Gasteiger partial charge on any atom is 0.163 e. The van der Waals surface area contributed by atoms with Crippen molar-refractivity contribution < 1.29 is 4.74 Å². The summed E-state index contributed by atoms with van der Waals surface area (Å²) >= 11 is 0. The van der Waals surface area contributed by atoms with Crippen molar-refractivity contribution in [1.82, 2.24) is 19.7 Å². The minimum Gasteiger partial charge on any atom is -0.374 e. The van der Waals surface area contributed by atoms with Crippen molar-refractivity contribution in [2.24, 2.45) is 7.05 Å². The van der Waals surface area contributed by atoms with E-state index in [0.29, 0.717) is 12.7 Å². The van der Waals surface area contributed by atoms with Gasteiger partial charge in [-0.3, -0.25) is 4.68 Å². The van der Waals surface area contributed by atoms with Crippen LogP contribution in [-0.2, 0) is 18.4 Å². The Bertz CT molecular complexity index is 821. The van der Waals surface area contributed by atoms with Gasteiger partial charge in [0.2, 0.25) is 0 Å². The molecule has 0 saturated heterocycles. The van der Waals surface area contributed by atoms with E-state index in [-0.39, 0.29) is 0 Å². The highest BCUT2D eigenvalue weighted by Crippen LogP contribution is 2.24. The van der Waals surface area contributed by atoms with Gasteiger partial charge < -0.3 is 10.1 Å². The molecule has 0 radical (unpaired) electrons. The van der Waals surface area contributed by atoms with Gasteiger partial charge >= 0.3 is 0 Å². The number of anilines is 2. The summed E-state index contributed by atoms with van der Waals surface area (Å²) in [6, 6.07) is 8.30. The van der Waals surface area contributed by atoms with Crippen LogP contribution in [0, 0.1) is 0 Å². The zero-order valence-corrected chi connectivity index (χ0v) is 13.8. The Balaban J connectivity index is 1.44. The molecular weight excluding hydrogens is 302 g/mol. The molecule has 1 aliphatic rings. The zero-order valence-electron chi connectivity index (χ0n) is 13.8. The van der Waals surface area contributed by atoms with E-state index in [1.54, 1.807) is 17.2 Å². The lowest BCUT2D eigenvalue weighted by atomic mass is 10.2. The van der Waals surface area contributed by atoms with E-state index in [9.17, 15) is 0 Å². The summed E-state index contributed by atoms with van der Waals surface area (Å²) in [5.74, 6) is 0.767. The summed E-state index contributed by atoms with van der Waals surface area (Å²) < 4.78 is 7.70. The van der Waals surface area contributed by atoms with Crippen LogP contribution < -0.4 is 5.32 Å². The van der Waals surface area contributed by atoms with Gasteiger partial charge in [-0.05, 0) is 30.5 Å². The van der Waals surface area contributed by atoms with Gasteiger partial charge in [0.25, 0.3) is 0 Å². The number of ether oxygens (including phenoxy) is 1. The van der Waals surface area contributed by atoms with Crippen LogP contribution in [-0.4, -0.2) is 25.9 Å². The molecule has 1 N–H and O–H groups in total. The molecule has 3 aromatic rings. The van der Waals surface area contributed by atoms with Gasteiger partial charge in [-0.2, -0.15) is 5.10 Å². The highest BCUT2D eigenvalue weighted by molar-refractivity contribution is 5.88. The quantitative estimate of drug-likeness (QED) is 0.777. The lowest BCUT2D eigenvalue weighted by Gasteiger charge is -2.12. The first kappa shape index (κ1) is 15.1. The molecule has 0 aliphatic heterocycles. The second-order valence-corrected chi connectivity index (χ2v) is 6.27. The number of fused-ring (bicyclic) bond motifs is 1. The second-order valence-electron chi connectivity index (χ2n) is 6.27. The van der Waals surface area contributed by atoms with E-state index >= 15 is 0 Å². The molecule has 0 amide bonds. The largest absolute Gasteiger partial charge is 0.374 e. The lowest BCUT2D eigenvalue weighted by Crippen LogP contribution is -2.07. The number of rotatable bonds is 5. The summed E-state index contributed by atoms with van der Waals surface area (Å²) in [6.07, 6.45) is 8.79. The highest BCUT2D eigenvalue weighted by Gasteiger charge is 2.15. The maximum atomic E-state index is 5.96. The molecule has 1 saturated carbocycles. The fourth-order valence-corrected chi connectivity index (χ4v) is 3.15. The van der Waals surface area contributed by atoms with Crippen molar-refractivity contribution in [2.75, 3.05) is 5.32 Å². The summed E-state index contributed by atoms with van der Waals surface area (Å²) in [5.41, 5.74) is 3.00. The predicted octanol–water partition coefficient (Wildman–Crippen LogP) is 3.57. The van der Waals surface area contributed by atoms with Crippen LogP contribution in [0.4, 0.5) is 11.5 Å². The molecule has 1 aromatic carbocycles. The molecule has 6 nitrogen and oxygen atoms in total. The van der Waals surface area contributed by atoms with Crippen LogP contribution in [0.1, 0.15) is 31.2 Å². The minimum atomic E-state index is 0.447. The van der Waals surface area contributed by atoms with Crippen molar-refractivity contribution >= 4 is 22.5 Å². The molecule has 2 aromatic heterocycles. The fraction of sp³-hybridized carbons (Fsp3) is 0.389. The van der Waals surface area contributed by atoms with E-state index < -0.39 is 0 Å². The van der Waals surface area contributed by atoms with Gasteiger partial charge in [0.1, 0.15) is 12.1 Å². The Morgan fingerprint density at radius 3 is 2.75 bits per heavy atom. The number of aromatic nitrogens is 4. The molecule has 1 aliphatic carbocycles. The van der Waals surface area contributed by atoms with Crippen LogP contribution in [0.2, 0.25) is 0 Å². The van der Waals surface area contributed by atoms with Gasteiger partial charge in [0.15, 0.2) is 5.65 Å². The van der Waals surface area contributed by atoms with E-state index in [4.69, 9.17) is 4.74 Å². The standard InChI is InChI=1S/C18H21N5O/c1-23-18-16(10-21-23)17(19-12-20-18)22-14-8-6-13(7-9-14)11-24-15-4-2-3-5-15/h6-10,12,15H,2-5,11H2,1H3,(H,19,20,22). The molecule has 0 atom stereocenters. The zero-order chi connectivity index (χ0) is 16.4. The minimum absolute atomic E-state index is 0.447. The SMILES string of the molecule is Cn1ncc2c(Nc3ccc(COC4CCCC4)cc3)ncnc21. The lowest BCUT2D eigenvalue weighted by molar-refractivity contribution is 0.0457. The number of nitrogens with one attached hydrogen (secondary N) is 1. The molecule has 124 valence electrons. The van der Waals surface area contributed by atoms with Crippen molar-refractivity contribution in [1.29, 1.82) is 0 Å². The number of hydrogen-bond donors (Lipinski definition) is 1. The fourth-order valence-electron chi connectivity index (χ4n) is 3.15. The van der Waals surface area contributed by atoms with Crippen LogP contribution in [0.25, 0.3) is 11.0 Å². The molecule has 0 bridgehead atoms. The Hall–Kier alpha value is -2.47. The topological polar surface area (TPSA) is 64.9 Å². The van der Waals surface area contributed by atoms with Gasteiger partial charge in [-0.15, -0.1) is 0 Å². The summed E-state index contributed by atoms with van der Waals surface area (Å²) in [5, 5.41) is 8.48. The normalized spacial score (nSPS) is 15.2. The first-order chi connectivity index (χ1) is 11.8. The number of nitrogens with zero attached hydrogens (tertiary/aromatic N) is 4. The predicted molar refractivity (Wildman–Crippen MR) is 93.1 cm³/mol. The third-order valence-electron chi connectivity index (χ3n) is 4.53. The summed E-state index contributed by atoms with van der Waals surface area (Å²) in [7, 11) is 1.87. The van der Waals surface area contributed by atoms with E-state index in [2.05, 4.69) is 44.6 Å². The van der Waals surface area contributed by atoms with E-state index in [1.165, 1.54) is 31.2 Å². The molecule has 4 rings (SSSR count). The second kappa shape index (κ2) is 6.57. The van der Waals surface area contributed by atoms with Crippen molar-refractivity contribution in [3.63, 3.8) is 0 Å². The Morgan fingerprint density at radius 2 is 1.96 bits per heavy atom. The molecule has 2 heterocycles. The van der Waals surface area contributed by atoms with E-state index in [0.717, 1.165) is 22.5 Å². The van der Waals surface area contributed by atoms with Gasteiger partial charge in [-0.1, -0.05) is 25.0 Å². The molecule has 0 spiro atoms. The first-order valence-corrected chi connectivity index (χ1v) is 8.40. The number of hydrogen-bond acceptors (Lipinski definition) is 5. The molecular formula is C18H21N5O.